The topological polar surface area (TPSA) is 89.8 Å². The summed E-state index contributed by atoms with van der Waals surface area (Å²) in [5.74, 6) is 0.421. The number of carbonyl (C=O) groups is 2. The van der Waals surface area contributed by atoms with E-state index in [1.165, 1.54) is 18.7 Å². The molecule has 0 bridgehead atoms. The van der Waals surface area contributed by atoms with Crippen LogP contribution in [0, 0.1) is 0 Å². The number of pyridine rings is 1. The van der Waals surface area contributed by atoms with E-state index >= 15 is 0 Å². The van der Waals surface area contributed by atoms with Gasteiger partial charge in [0.15, 0.2) is 16.8 Å². The minimum Gasteiger partial charge on any atom is -0.325 e. The Balaban J connectivity index is 1.62. The van der Waals surface area contributed by atoms with Crippen LogP contribution in [-0.4, -0.2) is 31.4 Å². The highest BCUT2D eigenvalue weighted by Crippen LogP contribution is 2.36. The van der Waals surface area contributed by atoms with Gasteiger partial charge < -0.3 is 9.88 Å². The van der Waals surface area contributed by atoms with Crippen LogP contribution in [0.2, 0.25) is 0 Å². The van der Waals surface area contributed by atoms with Crippen LogP contribution in [0.3, 0.4) is 0 Å². The third-order valence-electron chi connectivity index (χ3n) is 4.87. The molecule has 7 nitrogen and oxygen atoms in total. The number of aromatic nitrogens is 4. The van der Waals surface area contributed by atoms with Crippen LogP contribution in [-0.2, 0) is 11.8 Å². The van der Waals surface area contributed by atoms with Crippen LogP contribution < -0.4 is 5.32 Å². The average Bonchev–Trinajstić information content (AvgIpc) is 3.18. The quantitative estimate of drug-likeness (QED) is 0.333. The maximum absolute atomic E-state index is 13.3. The van der Waals surface area contributed by atoms with Gasteiger partial charge in [0.05, 0.1) is 0 Å². The van der Waals surface area contributed by atoms with Crippen molar-refractivity contribution >= 4 is 29.1 Å². The molecule has 0 saturated heterocycles. The number of nitrogens with zero attached hydrogens (tertiary/aromatic N) is 4. The fraction of sp³-hybridized carbons (Fsp3) is 0.125. The third-order valence-corrected chi connectivity index (χ3v) is 6.16. The number of anilines is 1. The molecule has 8 heteroatoms. The van der Waals surface area contributed by atoms with E-state index in [2.05, 4.69) is 20.5 Å². The van der Waals surface area contributed by atoms with Gasteiger partial charge in [0, 0.05) is 36.3 Å². The average molecular weight is 444 g/mol. The molecular formula is C24H21N5O2S. The molecule has 0 aliphatic rings. The largest absolute Gasteiger partial charge is 0.325 e. The molecule has 0 unspecified atom stereocenters. The fourth-order valence-electron chi connectivity index (χ4n) is 3.20. The van der Waals surface area contributed by atoms with Crippen molar-refractivity contribution in [2.75, 3.05) is 5.32 Å². The number of amides is 1. The van der Waals surface area contributed by atoms with Crippen LogP contribution in [0.25, 0.3) is 11.4 Å². The molecule has 0 radical (unpaired) electrons. The lowest BCUT2D eigenvalue weighted by Crippen LogP contribution is -2.19. The Bertz CT molecular complexity index is 1240. The SMILES string of the molecule is CC(=O)c1cccc(NC(=O)[C@@H](Sc2nnc(-c3ccncc3)n2C)c2ccccc2)c1. The molecule has 1 atom stereocenters. The van der Waals surface area contributed by atoms with Gasteiger partial charge in [-0.25, -0.2) is 0 Å². The standard InChI is InChI=1S/C24H21N5O2S/c1-16(30)19-9-6-10-20(15-19)26-23(31)21(17-7-4-3-5-8-17)32-24-28-27-22(29(24)2)18-11-13-25-14-12-18/h3-15,21H,1-2H3,(H,26,31)/t21-/m0/s1. The van der Waals surface area contributed by atoms with Gasteiger partial charge >= 0.3 is 0 Å². The molecular weight excluding hydrogens is 422 g/mol. The molecule has 1 amide bonds. The van der Waals surface area contributed by atoms with Crippen LogP contribution >= 0.6 is 11.8 Å². The van der Waals surface area contributed by atoms with Crippen molar-refractivity contribution in [2.45, 2.75) is 17.3 Å². The Morgan fingerprint density at radius 2 is 1.72 bits per heavy atom. The minimum absolute atomic E-state index is 0.0576. The number of carbonyl (C=O) groups excluding carboxylic acids is 2. The van der Waals surface area contributed by atoms with Crippen molar-refractivity contribution in [3.8, 4) is 11.4 Å². The molecule has 2 aromatic heterocycles. The number of hydrogen-bond acceptors (Lipinski definition) is 6. The van der Waals surface area contributed by atoms with Gasteiger partial charge in [-0.15, -0.1) is 10.2 Å². The molecule has 160 valence electrons. The van der Waals surface area contributed by atoms with Gasteiger partial charge in [-0.2, -0.15) is 0 Å². The highest BCUT2D eigenvalue weighted by atomic mass is 32.2. The normalized spacial score (nSPS) is 11.7. The molecule has 4 rings (SSSR count). The highest BCUT2D eigenvalue weighted by Gasteiger charge is 2.25. The Labute approximate surface area is 189 Å². The van der Waals surface area contributed by atoms with Gasteiger partial charge in [-0.05, 0) is 36.8 Å². The van der Waals surface area contributed by atoms with Crippen LogP contribution in [0.4, 0.5) is 5.69 Å². The maximum atomic E-state index is 13.3. The lowest BCUT2D eigenvalue weighted by molar-refractivity contribution is -0.115. The van der Waals surface area contributed by atoms with Crippen LogP contribution in [0.5, 0.6) is 0 Å². The van der Waals surface area contributed by atoms with Crippen LogP contribution in [0.1, 0.15) is 28.1 Å². The molecule has 2 heterocycles. The van der Waals surface area contributed by atoms with Crippen molar-refractivity contribution < 1.29 is 9.59 Å². The molecule has 0 fully saturated rings. The second-order valence-electron chi connectivity index (χ2n) is 7.14. The van der Waals surface area contributed by atoms with E-state index in [9.17, 15) is 9.59 Å². The van der Waals surface area contributed by atoms with E-state index in [1.807, 2.05) is 54.1 Å². The lowest BCUT2D eigenvalue weighted by Gasteiger charge is -2.17. The molecule has 4 aromatic rings. The Morgan fingerprint density at radius 3 is 2.44 bits per heavy atom. The molecule has 0 saturated carbocycles. The predicted molar refractivity (Wildman–Crippen MR) is 124 cm³/mol. The molecule has 2 aromatic carbocycles. The summed E-state index contributed by atoms with van der Waals surface area (Å²) < 4.78 is 1.86. The van der Waals surface area contributed by atoms with Crippen molar-refractivity contribution in [3.05, 3.63) is 90.3 Å². The van der Waals surface area contributed by atoms with E-state index in [1.54, 1.807) is 36.7 Å². The van der Waals surface area contributed by atoms with E-state index in [0.717, 1.165) is 11.1 Å². The van der Waals surface area contributed by atoms with Gasteiger partial charge in [-0.3, -0.25) is 14.6 Å². The number of nitrogens with one attached hydrogen (secondary N) is 1. The summed E-state index contributed by atoms with van der Waals surface area (Å²) in [6.07, 6.45) is 3.40. The Hall–Kier alpha value is -3.78. The summed E-state index contributed by atoms with van der Waals surface area (Å²) in [6, 6.07) is 20.1. The van der Waals surface area contributed by atoms with Crippen LogP contribution in [0.15, 0.2) is 84.3 Å². The number of benzene rings is 2. The van der Waals surface area contributed by atoms with E-state index < -0.39 is 5.25 Å². The Morgan fingerprint density at radius 1 is 0.969 bits per heavy atom. The summed E-state index contributed by atoms with van der Waals surface area (Å²) in [4.78, 5) is 29.0. The maximum Gasteiger partial charge on any atom is 0.242 e. The van der Waals surface area contributed by atoms with Gasteiger partial charge in [0.25, 0.3) is 0 Å². The first-order valence-electron chi connectivity index (χ1n) is 9.96. The Kier molecular flexibility index (Phi) is 6.42. The summed E-state index contributed by atoms with van der Waals surface area (Å²) in [5, 5.41) is 11.6. The minimum atomic E-state index is -0.564. The molecule has 0 aliphatic carbocycles. The number of thioether (sulfide) groups is 1. The van der Waals surface area contributed by atoms with Crippen molar-refractivity contribution in [2.24, 2.45) is 7.05 Å². The second kappa shape index (κ2) is 9.57. The second-order valence-corrected chi connectivity index (χ2v) is 8.21. The highest BCUT2D eigenvalue weighted by molar-refractivity contribution is 8.00. The zero-order valence-electron chi connectivity index (χ0n) is 17.6. The molecule has 0 spiro atoms. The first kappa shape index (κ1) is 21.5. The zero-order valence-corrected chi connectivity index (χ0v) is 18.4. The fourth-order valence-corrected chi connectivity index (χ4v) is 4.20. The summed E-state index contributed by atoms with van der Waals surface area (Å²) in [5.41, 5.74) is 2.84. The van der Waals surface area contributed by atoms with E-state index in [4.69, 9.17) is 0 Å². The van der Waals surface area contributed by atoms with Crippen molar-refractivity contribution in [1.82, 2.24) is 19.7 Å². The van der Waals surface area contributed by atoms with Gasteiger partial charge in [-0.1, -0.05) is 54.2 Å². The first-order chi connectivity index (χ1) is 15.5. The molecule has 1 N–H and O–H groups in total. The van der Waals surface area contributed by atoms with E-state index in [-0.39, 0.29) is 11.7 Å². The van der Waals surface area contributed by atoms with E-state index in [0.29, 0.717) is 22.2 Å². The molecule has 0 aliphatic heterocycles. The van der Waals surface area contributed by atoms with Crippen molar-refractivity contribution in [3.63, 3.8) is 0 Å². The smallest absolute Gasteiger partial charge is 0.242 e. The summed E-state index contributed by atoms with van der Waals surface area (Å²) in [7, 11) is 1.87. The van der Waals surface area contributed by atoms with Crippen molar-refractivity contribution in [1.29, 1.82) is 0 Å². The summed E-state index contributed by atoms with van der Waals surface area (Å²) in [6.45, 7) is 1.50. The third kappa shape index (κ3) is 4.76. The monoisotopic (exact) mass is 443 g/mol. The molecule has 32 heavy (non-hydrogen) atoms. The van der Waals surface area contributed by atoms with Gasteiger partial charge in [0.2, 0.25) is 5.91 Å². The number of rotatable bonds is 7. The zero-order chi connectivity index (χ0) is 22.5. The predicted octanol–water partition coefficient (Wildman–Crippen LogP) is 4.55. The van der Waals surface area contributed by atoms with Gasteiger partial charge in [0.1, 0.15) is 5.25 Å². The summed E-state index contributed by atoms with van der Waals surface area (Å²) >= 11 is 1.32. The number of ketones is 1. The number of hydrogen-bond donors (Lipinski definition) is 1. The lowest BCUT2D eigenvalue weighted by atomic mass is 10.1. The number of Topliss-reactive ketones (excluding diaryl/α,β-unsaturated/α-hetero) is 1. The first-order valence-corrected chi connectivity index (χ1v) is 10.8.